The molecule has 0 bridgehead atoms. The first-order chi connectivity index (χ1) is 14.7. The lowest BCUT2D eigenvalue weighted by Gasteiger charge is -2.27. The van der Waals surface area contributed by atoms with Crippen LogP contribution >= 0.6 is 11.6 Å². The van der Waals surface area contributed by atoms with Crippen molar-refractivity contribution in [1.82, 2.24) is 9.88 Å². The average molecular weight is 449 g/mol. The minimum atomic E-state index is -4.66. The fourth-order valence-electron chi connectivity index (χ4n) is 3.64. The van der Waals surface area contributed by atoms with Crippen molar-refractivity contribution >= 4 is 28.9 Å². The number of nitrogen functional groups attached to an aromatic ring is 1. The number of nitrogens with one attached hydrogen (secondary N) is 1. The van der Waals surface area contributed by atoms with Crippen LogP contribution in [0.3, 0.4) is 0 Å². The minimum absolute atomic E-state index is 0.0331. The molecule has 2 aromatic rings. The molecule has 31 heavy (non-hydrogen) atoms. The van der Waals surface area contributed by atoms with Gasteiger partial charge < -0.3 is 20.7 Å². The van der Waals surface area contributed by atoms with E-state index >= 15 is 0 Å². The predicted octanol–water partition coefficient (Wildman–Crippen LogP) is 4.52. The number of benzene rings is 1. The third kappa shape index (κ3) is 3.61. The molecule has 7 nitrogen and oxygen atoms in total. The van der Waals surface area contributed by atoms with E-state index in [-0.39, 0.29) is 46.5 Å². The number of nitrogens with zero attached hydrogens (tertiary/aromatic N) is 4. The van der Waals surface area contributed by atoms with Gasteiger partial charge in [-0.2, -0.15) is 18.4 Å². The monoisotopic (exact) mass is 448 g/mol. The molecule has 0 saturated carbocycles. The van der Waals surface area contributed by atoms with Gasteiger partial charge in [0, 0.05) is 18.3 Å². The Morgan fingerprint density at radius 2 is 2.16 bits per heavy atom. The zero-order valence-corrected chi connectivity index (χ0v) is 17.0. The van der Waals surface area contributed by atoms with Gasteiger partial charge in [0.1, 0.15) is 30.3 Å². The van der Waals surface area contributed by atoms with E-state index in [2.05, 4.69) is 21.4 Å². The molecule has 0 saturated heterocycles. The maximum atomic E-state index is 13.9. The van der Waals surface area contributed by atoms with E-state index in [0.29, 0.717) is 23.6 Å². The predicted molar refractivity (Wildman–Crippen MR) is 111 cm³/mol. The van der Waals surface area contributed by atoms with Crippen molar-refractivity contribution in [3.8, 4) is 23.1 Å². The molecule has 0 fully saturated rings. The van der Waals surface area contributed by atoms with E-state index in [1.807, 2.05) is 0 Å². The summed E-state index contributed by atoms with van der Waals surface area (Å²) in [7, 11) is 0. The standard InChI is InChI=1S/C20H16ClF3N6O/c1-10-7-13(26)29-17(15(10)20(22,23)24)11-8-12-14-18(16(11)21)27-9-28-19(14)30(4-2-3-25)5-6-31-12/h5-8,27H,2,4,9H2,1H3,(H2,26,29). The molecule has 0 spiro atoms. The molecule has 4 rings (SSSR count). The fraction of sp³-hybridized carbons (Fsp3) is 0.250. The summed E-state index contributed by atoms with van der Waals surface area (Å²) >= 11 is 6.60. The van der Waals surface area contributed by atoms with Gasteiger partial charge in [0.2, 0.25) is 0 Å². The second kappa shape index (κ2) is 7.67. The summed E-state index contributed by atoms with van der Waals surface area (Å²) in [5.41, 5.74) is 5.31. The summed E-state index contributed by atoms with van der Waals surface area (Å²) in [6.07, 6.45) is -1.42. The molecule has 2 aliphatic heterocycles. The highest BCUT2D eigenvalue weighted by Crippen LogP contribution is 2.47. The summed E-state index contributed by atoms with van der Waals surface area (Å²) in [5, 5.41) is 12.0. The number of ether oxygens (including phenoxy) is 1. The van der Waals surface area contributed by atoms with Crippen molar-refractivity contribution < 1.29 is 17.9 Å². The maximum Gasteiger partial charge on any atom is 0.418 e. The Labute approximate surface area is 180 Å². The lowest BCUT2D eigenvalue weighted by atomic mass is 9.97. The van der Waals surface area contributed by atoms with Gasteiger partial charge in [-0.1, -0.05) is 11.6 Å². The van der Waals surface area contributed by atoms with Crippen LogP contribution in [0.25, 0.3) is 11.3 Å². The first-order valence-corrected chi connectivity index (χ1v) is 9.57. The summed E-state index contributed by atoms with van der Waals surface area (Å²) < 4.78 is 47.2. The summed E-state index contributed by atoms with van der Waals surface area (Å²) in [4.78, 5) is 10.1. The SMILES string of the molecule is Cc1cc(N)nc(-c2cc3c4c(c2Cl)NCN=C4N(CCC#N)C=CO3)c1C(F)(F)F. The Hall–Kier alpha value is -3.45. The topological polar surface area (TPSA) is 99.6 Å². The Kier molecular flexibility index (Phi) is 5.15. The maximum absolute atomic E-state index is 13.9. The van der Waals surface area contributed by atoms with E-state index < -0.39 is 11.7 Å². The van der Waals surface area contributed by atoms with Gasteiger partial charge in [0.05, 0.1) is 40.0 Å². The molecule has 1 aromatic carbocycles. The molecule has 0 amide bonds. The van der Waals surface area contributed by atoms with Crippen LogP contribution in [-0.4, -0.2) is 28.9 Å². The molecule has 2 aliphatic rings. The summed E-state index contributed by atoms with van der Waals surface area (Å²) in [6.45, 7) is 1.83. The van der Waals surface area contributed by atoms with Gasteiger partial charge >= 0.3 is 6.18 Å². The number of halogens is 4. The van der Waals surface area contributed by atoms with Crippen LogP contribution in [0, 0.1) is 18.3 Å². The van der Waals surface area contributed by atoms with Crippen LogP contribution in [0.5, 0.6) is 5.75 Å². The number of aliphatic imine (C=N–C) groups is 1. The van der Waals surface area contributed by atoms with Gasteiger partial charge in [-0.05, 0) is 24.6 Å². The number of anilines is 2. The molecule has 0 unspecified atom stereocenters. The lowest BCUT2D eigenvalue weighted by Crippen LogP contribution is -2.31. The molecule has 1 aromatic heterocycles. The van der Waals surface area contributed by atoms with Gasteiger partial charge in [0.25, 0.3) is 0 Å². The zero-order chi connectivity index (χ0) is 22.3. The van der Waals surface area contributed by atoms with Crippen LogP contribution in [0.15, 0.2) is 29.6 Å². The molecular weight excluding hydrogens is 433 g/mol. The highest BCUT2D eigenvalue weighted by molar-refractivity contribution is 6.37. The van der Waals surface area contributed by atoms with Crippen LogP contribution < -0.4 is 15.8 Å². The molecule has 0 aliphatic carbocycles. The Balaban J connectivity index is 1.96. The van der Waals surface area contributed by atoms with Crippen molar-refractivity contribution in [2.75, 3.05) is 24.3 Å². The van der Waals surface area contributed by atoms with Gasteiger partial charge in [0.15, 0.2) is 0 Å². The third-order valence-corrected chi connectivity index (χ3v) is 5.28. The number of nitrogens with two attached hydrogens (primary N) is 1. The van der Waals surface area contributed by atoms with E-state index in [4.69, 9.17) is 27.3 Å². The highest BCUT2D eigenvalue weighted by atomic mass is 35.5. The first kappa shape index (κ1) is 20.8. The number of aryl methyl sites for hydroxylation is 1. The Bertz CT molecular complexity index is 1170. The molecule has 160 valence electrons. The first-order valence-electron chi connectivity index (χ1n) is 9.19. The van der Waals surface area contributed by atoms with Crippen LogP contribution in [-0.2, 0) is 6.18 Å². The Morgan fingerprint density at radius 1 is 1.39 bits per heavy atom. The van der Waals surface area contributed by atoms with Gasteiger partial charge in [-0.25, -0.2) is 9.98 Å². The number of amidine groups is 1. The number of nitriles is 1. The molecule has 3 N–H and O–H groups in total. The van der Waals surface area contributed by atoms with Crippen LogP contribution in [0.1, 0.15) is 23.1 Å². The van der Waals surface area contributed by atoms with Crippen molar-refractivity contribution in [2.45, 2.75) is 19.5 Å². The van der Waals surface area contributed by atoms with Crippen molar-refractivity contribution in [2.24, 2.45) is 4.99 Å². The molecule has 11 heteroatoms. The second-order valence-corrected chi connectivity index (χ2v) is 7.27. The number of hydrogen-bond acceptors (Lipinski definition) is 7. The Morgan fingerprint density at radius 3 is 2.87 bits per heavy atom. The van der Waals surface area contributed by atoms with E-state index in [1.54, 1.807) is 11.1 Å². The lowest BCUT2D eigenvalue weighted by molar-refractivity contribution is -0.137. The molecule has 0 atom stereocenters. The van der Waals surface area contributed by atoms with E-state index in [9.17, 15) is 13.2 Å². The number of pyridine rings is 1. The van der Waals surface area contributed by atoms with Crippen molar-refractivity contribution in [1.29, 1.82) is 5.26 Å². The third-order valence-electron chi connectivity index (χ3n) is 4.88. The highest BCUT2D eigenvalue weighted by Gasteiger charge is 2.38. The zero-order valence-electron chi connectivity index (χ0n) is 16.2. The summed E-state index contributed by atoms with van der Waals surface area (Å²) in [6, 6.07) is 4.64. The number of hydrogen-bond donors (Lipinski definition) is 2. The van der Waals surface area contributed by atoms with Crippen LogP contribution in [0.2, 0.25) is 5.02 Å². The van der Waals surface area contributed by atoms with Gasteiger partial charge in [-0.15, -0.1) is 0 Å². The van der Waals surface area contributed by atoms with Crippen LogP contribution in [0.4, 0.5) is 24.7 Å². The smallest absolute Gasteiger partial charge is 0.418 e. The van der Waals surface area contributed by atoms with E-state index in [1.165, 1.54) is 25.3 Å². The molecule has 3 heterocycles. The largest absolute Gasteiger partial charge is 0.463 e. The normalized spacial score (nSPS) is 14.7. The number of alkyl halides is 3. The molecule has 0 radical (unpaired) electrons. The van der Waals surface area contributed by atoms with Crippen molar-refractivity contribution in [3.05, 3.63) is 46.3 Å². The van der Waals surface area contributed by atoms with Gasteiger partial charge in [-0.3, -0.25) is 0 Å². The van der Waals surface area contributed by atoms with Crippen molar-refractivity contribution in [3.63, 3.8) is 0 Å². The molecular formula is C20H16ClF3N6O. The minimum Gasteiger partial charge on any atom is -0.463 e. The average Bonchev–Trinajstić information content (AvgIpc) is 2.87. The van der Waals surface area contributed by atoms with E-state index in [0.717, 1.165) is 0 Å². The summed E-state index contributed by atoms with van der Waals surface area (Å²) in [5.74, 6) is 0.707. The quantitative estimate of drug-likeness (QED) is 0.716. The number of rotatable bonds is 3. The fourth-order valence-corrected chi connectivity index (χ4v) is 3.95. The second-order valence-electron chi connectivity index (χ2n) is 6.89. The number of aromatic nitrogens is 1.